The topological polar surface area (TPSA) is 66.4 Å². The Morgan fingerprint density at radius 2 is 1.83 bits per heavy atom. The van der Waals surface area contributed by atoms with Gasteiger partial charge < -0.3 is 4.55 Å². The van der Waals surface area contributed by atoms with E-state index in [0.717, 1.165) is 21.9 Å². The van der Waals surface area contributed by atoms with Crippen LogP contribution in [0.3, 0.4) is 0 Å². The lowest BCUT2D eigenvalue weighted by molar-refractivity contribution is 0.391. The molecule has 0 atom stereocenters. The Morgan fingerprint density at radius 1 is 1.17 bits per heavy atom. The zero-order chi connectivity index (χ0) is 13.2. The van der Waals surface area contributed by atoms with Gasteiger partial charge in [0.15, 0.2) is 0 Å². The van der Waals surface area contributed by atoms with Crippen LogP contribution >= 0.6 is 12.0 Å². The normalized spacial score (nSPS) is 11.9. The highest BCUT2D eigenvalue weighted by molar-refractivity contribution is 8.02. The molecule has 2 aromatic carbocycles. The summed E-state index contributed by atoms with van der Waals surface area (Å²) < 4.78 is 35.2. The summed E-state index contributed by atoms with van der Waals surface area (Å²) in [6, 6.07) is 11.7. The minimum Gasteiger partial charge on any atom is -0.725 e. The van der Waals surface area contributed by atoms with Gasteiger partial charge in [-0.05, 0) is 28.8 Å². The van der Waals surface area contributed by atoms with E-state index in [9.17, 15) is 13.0 Å². The molecule has 0 saturated carbocycles. The molecule has 18 heavy (non-hydrogen) atoms. The van der Waals surface area contributed by atoms with Gasteiger partial charge in [0.1, 0.15) is 0 Å². The lowest BCUT2D eigenvalue weighted by Gasteiger charge is -2.09. The zero-order valence-corrected chi connectivity index (χ0v) is 11.3. The number of fused-ring (bicyclic) bond motifs is 1. The van der Waals surface area contributed by atoms with E-state index < -0.39 is 10.4 Å². The van der Waals surface area contributed by atoms with Crippen LogP contribution in [0.5, 0.6) is 0 Å². The van der Waals surface area contributed by atoms with E-state index in [2.05, 4.69) is 3.63 Å². The highest BCUT2D eigenvalue weighted by atomic mass is 32.3. The molecule has 0 aliphatic heterocycles. The molecule has 0 aromatic heterocycles. The second-order valence-corrected chi connectivity index (χ2v) is 5.71. The third-order valence-electron chi connectivity index (χ3n) is 2.58. The first-order chi connectivity index (χ1) is 8.47. The van der Waals surface area contributed by atoms with Crippen molar-refractivity contribution in [2.24, 2.45) is 0 Å². The van der Waals surface area contributed by atoms with E-state index in [0.29, 0.717) is 17.8 Å². The molecule has 0 saturated heterocycles. The van der Waals surface area contributed by atoms with Crippen LogP contribution in [0.25, 0.3) is 10.8 Å². The molecule has 0 amide bonds. The van der Waals surface area contributed by atoms with E-state index in [1.807, 2.05) is 43.3 Å². The van der Waals surface area contributed by atoms with Gasteiger partial charge in [-0.2, -0.15) is 0 Å². The SMILES string of the molecule is Cc1ccc(CSOS(=O)(=O)[O-])c2ccccc12. The minimum absolute atomic E-state index is 0.308. The summed E-state index contributed by atoms with van der Waals surface area (Å²) in [5, 5.41) is 2.15. The van der Waals surface area contributed by atoms with Gasteiger partial charge in [0.2, 0.25) is 10.4 Å². The van der Waals surface area contributed by atoms with Crippen LogP contribution in [-0.4, -0.2) is 13.0 Å². The van der Waals surface area contributed by atoms with Gasteiger partial charge >= 0.3 is 0 Å². The molecule has 2 aromatic rings. The van der Waals surface area contributed by atoms with Gasteiger partial charge in [0, 0.05) is 17.8 Å². The van der Waals surface area contributed by atoms with E-state index in [4.69, 9.17) is 0 Å². The fourth-order valence-corrected chi connectivity index (χ4v) is 2.83. The van der Waals surface area contributed by atoms with Crippen LogP contribution in [0.15, 0.2) is 36.4 Å². The molecular weight excluding hydrogens is 272 g/mol. The maximum absolute atomic E-state index is 10.3. The number of aryl methyl sites for hydroxylation is 1. The van der Waals surface area contributed by atoms with Gasteiger partial charge in [-0.25, -0.2) is 12.0 Å². The lowest BCUT2D eigenvalue weighted by atomic mass is 10.0. The molecule has 0 heterocycles. The molecule has 0 unspecified atom stereocenters. The average Bonchev–Trinajstić information content (AvgIpc) is 2.31. The molecule has 0 N–H and O–H groups in total. The molecule has 6 heteroatoms. The van der Waals surface area contributed by atoms with Crippen LogP contribution in [0, 0.1) is 6.92 Å². The summed E-state index contributed by atoms with van der Waals surface area (Å²) in [6.07, 6.45) is 0. The highest BCUT2D eigenvalue weighted by Crippen LogP contribution is 2.26. The van der Waals surface area contributed by atoms with Crippen LogP contribution in [-0.2, 0) is 19.8 Å². The molecule has 0 aliphatic rings. The Morgan fingerprint density at radius 3 is 2.50 bits per heavy atom. The smallest absolute Gasteiger partial charge is 0.228 e. The summed E-state index contributed by atoms with van der Waals surface area (Å²) in [5.74, 6) is 0.308. The number of benzene rings is 2. The molecule has 4 nitrogen and oxygen atoms in total. The Bertz CT molecular complexity index is 665. The van der Waals surface area contributed by atoms with Crippen molar-refractivity contribution in [3.63, 3.8) is 0 Å². The van der Waals surface area contributed by atoms with Crippen molar-refractivity contribution in [2.75, 3.05) is 0 Å². The Kier molecular flexibility index (Phi) is 3.91. The Labute approximate surface area is 110 Å². The van der Waals surface area contributed by atoms with Crippen LogP contribution in [0.4, 0.5) is 0 Å². The maximum atomic E-state index is 10.3. The van der Waals surface area contributed by atoms with Gasteiger partial charge in [0.25, 0.3) is 0 Å². The average molecular weight is 283 g/mol. The molecule has 0 spiro atoms. The van der Waals surface area contributed by atoms with Crippen molar-refractivity contribution in [1.82, 2.24) is 0 Å². The van der Waals surface area contributed by atoms with Gasteiger partial charge in [-0.15, -0.1) is 0 Å². The standard InChI is InChI=1S/C12H12O4S2/c1-9-6-7-10(8-17-16-18(13,14)15)12-5-3-2-4-11(9)12/h2-7H,8H2,1H3,(H,13,14,15)/p-1. The van der Waals surface area contributed by atoms with E-state index in [1.165, 1.54) is 0 Å². The van der Waals surface area contributed by atoms with Crippen molar-refractivity contribution in [1.29, 1.82) is 0 Å². The van der Waals surface area contributed by atoms with Crippen molar-refractivity contribution < 1.29 is 16.6 Å². The van der Waals surface area contributed by atoms with Crippen molar-refractivity contribution >= 4 is 33.2 Å². The first kappa shape index (κ1) is 13.4. The Balaban J connectivity index is 2.26. The van der Waals surface area contributed by atoms with Gasteiger partial charge in [-0.3, -0.25) is 0 Å². The maximum Gasteiger partial charge on any atom is 0.228 e. The Hall–Kier alpha value is -1.08. The van der Waals surface area contributed by atoms with Crippen molar-refractivity contribution in [2.45, 2.75) is 12.7 Å². The third-order valence-corrected chi connectivity index (χ3v) is 4.06. The first-order valence-corrected chi connectivity index (χ1v) is 7.46. The van der Waals surface area contributed by atoms with Crippen LogP contribution in [0.1, 0.15) is 11.1 Å². The molecule has 0 bridgehead atoms. The highest BCUT2D eigenvalue weighted by Gasteiger charge is 2.04. The summed E-state index contributed by atoms with van der Waals surface area (Å²) in [5.41, 5.74) is 2.08. The van der Waals surface area contributed by atoms with E-state index in [1.54, 1.807) is 0 Å². The monoisotopic (exact) mass is 283 g/mol. The molecule has 96 valence electrons. The largest absolute Gasteiger partial charge is 0.725 e. The predicted octanol–water partition coefficient (Wildman–Crippen LogP) is 2.77. The van der Waals surface area contributed by atoms with Crippen molar-refractivity contribution in [3.05, 3.63) is 47.5 Å². The number of hydrogen-bond donors (Lipinski definition) is 0. The molecule has 0 fully saturated rings. The molecule has 2 rings (SSSR count). The van der Waals surface area contributed by atoms with Gasteiger partial charge in [-0.1, -0.05) is 36.4 Å². The fourth-order valence-electron chi connectivity index (χ4n) is 1.78. The molecule has 0 aliphatic carbocycles. The predicted molar refractivity (Wildman–Crippen MR) is 70.8 cm³/mol. The van der Waals surface area contributed by atoms with Crippen molar-refractivity contribution in [3.8, 4) is 0 Å². The third kappa shape index (κ3) is 3.23. The zero-order valence-electron chi connectivity index (χ0n) is 9.62. The molecule has 0 radical (unpaired) electrons. The number of hydrogen-bond acceptors (Lipinski definition) is 5. The van der Waals surface area contributed by atoms with E-state index in [-0.39, 0.29) is 0 Å². The van der Waals surface area contributed by atoms with Crippen LogP contribution < -0.4 is 0 Å². The second-order valence-electron chi connectivity index (χ2n) is 3.83. The summed E-state index contributed by atoms with van der Waals surface area (Å²) in [4.78, 5) is 0. The first-order valence-electron chi connectivity index (χ1n) is 5.21. The van der Waals surface area contributed by atoms with Gasteiger partial charge in [0.05, 0.1) is 0 Å². The fraction of sp³-hybridized carbons (Fsp3) is 0.167. The summed E-state index contributed by atoms with van der Waals surface area (Å²) in [7, 11) is -4.64. The van der Waals surface area contributed by atoms with Crippen LogP contribution in [0.2, 0.25) is 0 Å². The minimum atomic E-state index is -4.64. The molecular formula is C12H11O4S2-. The van der Waals surface area contributed by atoms with E-state index >= 15 is 0 Å². The number of rotatable bonds is 4. The summed E-state index contributed by atoms with van der Waals surface area (Å²) >= 11 is 0.634. The quantitative estimate of drug-likeness (QED) is 0.490. The second kappa shape index (κ2) is 5.27. The summed E-state index contributed by atoms with van der Waals surface area (Å²) in [6.45, 7) is 2.01. The lowest BCUT2D eigenvalue weighted by Crippen LogP contribution is -1.98.